The Morgan fingerprint density at radius 2 is 1.87 bits per heavy atom. The van der Waals surface area contributed by atoms with Gasteiger partial charge in [-0.2, -0.15) is 0 Å². The van der Waals surface area contributed by atoms with E-state index in [1.807, 2.05) is 31.2 Å². The summed E-state index contributed by atoms with van der Waals surface area (Å²) in [6, 6.07) is 7.50. The maximum absolute atomic E-state index is 11.2. The molecule has 0 bridgehead atoms. The molecule has 2 N–H and O–H groups in total. The van der Waals surface area contributed by atoms with Crippen molar-refractivity contribution in [2.24, 2.45) is 0 Å². The quantitative estimate of drug-likeness (QED) is 0.770. The fourth-order valence-electron chi connectivity index (χ4n) is 2.15. The molecule has 3 heteroatoms. The Hall–Kier alpha value is -1.35. The van der Waals surface area contributed by atoms with E-state index in [0.717, 1.165) is 11.1 Å². The molecule has 3 nitrogen and oxygen atoms in total. The molecule has 15 heavy (non-hydrogen) atoms. The standard InChI is InChI=1S/C12H14O3/c1-8-2-4-9(5-3-8)12(11(14)15)6-10(13)7-12/h2-5,10,13H,6-7H2,1H3,(H,14,15). The van der Waals surface area contributed by atoms with Crippen molar-refractivity contribution in [3.05, 3.63) is 35.4 Å². The summed E-state index contributed by atoms with van der Waals surface area (Å²) in [6.45, 7) is 1.97. The van der Waals surface area contributed by atoms with Crippen LogP contribution in [0.5, 0.6) is 0 Å². The molecule has 80 valence electrons. The van der Waals surface area contributed by atoms with Crippen LogP contribution in [0.1, 0.15) is 24.0 Å². The maximum atomic E-state index is 11.2. The van der Waals surface area contributed by atoms with E-state index >= 15 is 0 Å². The van der Waals surface area contributed by atoms with Crippen molar-refractivity contribution in [2.75, 3.05) is 0 Å². The first kappa shape index (κ1) is 10.2. The smallest absolute Gasteiger partial charge is 0.314 e. The average Bonchev–Trinajstić information content (AvgIpc) is 2.13. The molecular formula is C12H14O3. The van der Waals surface area contributed by atoms with Gasteiger partial charge in [0.1, 0.15) is 0 Å². The maximum Gasteiger partial charge on any atom is 0.314 e. The van der Waals surface area contributed by atoms with Crippen molar-refractivity contribution < 1.29 is 15.0 Å². The van der Waals surface area contributed by atoms with Crippen molar-refractivity contribution >= 4 is 5.97 Å². The Labute approximate surface area is 88.4 Å². The molecular weight excluding hydrogens is 192 g/mol. The van der Waals surface area contributed by atoms with Crippen LogP contribution >= 0.6 is 0 Å². The van der Waals surface area contributed by atoms with Crippen LogP contribution < -0.4 is 0 Å². The predicted molar refractivity (Wildman–Crippen MR) is 55.7 cm³/mol. The number of carbonyl (C=O) groups is 1. The highest BCUT2D eigenvalue weighted by Gasteiger charge is 2.51. The van der Waals surface area contributed by atoms with Gasteiger partial charge in [0.05, 0.1) is 11.5 Å². The van der Waals surface area contributed by atoms with Gasteiger partial charge in [-0.15, -0.1) is 0 Å². The Morgan fingerprint density at radius 3 is 2.27 bits per heavy atom. The molecule has 1 fully saturated rings. The van der Waals surface area contributed by atoms with Gasteiger partial charge in [0.15, 0.2) is 0 Å². The number of carboxylic acid groups (broad SMARTS) is 1. The second kappa shape index (κ2) is 3.35. The van der Waals surface area contributed by atoms with Crippen LogP contribution in [0.4, 0.5) is 0 Å². The lowest BCUT2D eigenvalue weighted by molar-refractivity contribution is -0.152. The van der Waals surface area contributed by atoms with Crippen LogP contribution in [0.3, 0.4) is 0 Å². The van der Waals surface area contributed by atoms with Gasteiger partial charge in [0.25, 0.3) is 0 Å². The third-order valence-electron chi connectivity index (χ3n) is 3.18. The number of aryl methyl sites for hydroxylation is 1. The minimum Gasteiger partial charge on any atom is -0.481 e. The number of aliphatic hydroxyl groups excluding tert-OH is 1. The van der Waals surface area contributed by atoms with E-state index in [0.29, 0.717) is 12.8 Å². The van der Waals surface area contributed by atoms with Crippen LogP contribution in [0.25, 0.3) is 0 Å². The van der Waals surface area contributed by atoms with Crippen molar-refractivity contribution in [3.63, 3.8) is 0 Å². The SMILES string of the molecule is Cc1ccc(C2(C(=O)O)CC(O)C2)cc1. The van der Waals surface area contributed by atoms with Crippen LogP contribution in [0.15, 0.2) is 24.3 Å². The normalized spacial score (nSPS) is 29.6. The Balaban J connectivity index is 2.34. The summed E-state index contributed by atoms with van der Waals surface area (Å²) in [5.74, 6) is -0.836. The first-order valence-corrected chi connectivity index (χ1v) is 5.03. The van der Waals surface area contributed by atoms with Gasteiger partial charge in [-0.25, -0.2) is 0 Å². The molecule has 0 amide bonds. The van der Waals surface area contributed by atoms with Gasteiger partial charge in [-0.05, 0) is 25.3 Å². The zero-order valence-corrected chi connectivity index (χ0v) is 8.60. The molecule has 1 aromatic rings. The third-order valence-corrected chi connectivity index (χ3v) is 3.18. The van der Waals surface area contributed by atoms with Gasteiger partial charge >= 0.3 is 5.97 Å². The van der Waals surface area contributed by atoms with Crippen molar-refractivity contribution in [1.82, 2.24) is 0 Å². The fourth-order valence-corrected chi connectivity index (χ4v) is 2.15. The lowest BCUT2D eigenvalue weighted by Gasteiger charge is -2.42. The number of aliphatic carboxylic acids is 1. The number of hydrogen-bond acceptors (Lipinski definition) is 2. The minimum atomic E-state index is -0.854. The second-order valence-electron chi connectivity index (χ2n) is 4.32. The number of aliphatic hydroxyl groups is 1. The Morgan fingerprint density at radius 1 is 1.33 bits per heavy atom. The van der Waals surface area contributed by atoms with Crippen molar-refractivity contribution in [1.29, 1.82) is 0 Å². The molecule has 1 aromatic carbocycles. The molecule has 2 rings (SSSR count). The number of rotatable bonds is 2. The zero-order chi connectivity index (χ0) is 11.1. The van der Waals surface area contributed by atoms with Crippen molar-refractivity contribution in [3.8, 4) is 0 Å². The molecule has 0 saturated heterocycles. The molecule has 1 aliphatic rings. The molecule has 1 saturated carbocycles. The highest BCUT2D eigenvalue weighted by Crippen LogP contribution is 2.44. The summed E-state index contributed by atoms with van der Waals surface area (Å²) < 4.78 is 0. The fraction of sp³-hybridized carbons (Fsp3) is 0.417. The second-order valence-corrected chi connectivity index (χ2v) is 4.32. The first-order valence-electron chi connectivity index (χ1n) is 5.03. The topological polar surface area (TPSA) is 57.5 Å². The van der Waals surface area contributed by atoms with Gasteiger partial charge in [-0.3, -0.25) is 4.79 Å². The van der Waals surface area contributed by atoms with Crippen LogP contribution in [0, 0.1) is 6.92 Å². The van der Waals surface area contributed by atoms with E-state index in [2.05, 4.69) is 0 Å². The molecule has 0 unspecified atom stereocenters. The third kappa shape index (κ3) is 1.53. The predicted octanol–water partition coefficient (Wildman–Crippen LogP) is 1.47. The molecule has 0 aliphatic heterocycles. The van der Waals surface area contributed by atoms with Gasteiger partial charge in [0.2, 0.25) is 0 Å². The van der Waals surface area contributed by atoms with Gasteiger partial charge < -0.3 is 10.2 Å². The monoisotopic (exact) mass is 206 g/mol. The highest BCUT2D eigenvalue weighted by molar-refractivity contribution is 5.83. The van der Waals surface area contributed by atoms with E-state index in [1.165, 1.54) is 0 Å². The summed E-state index contributed by atoms with van der Waals surface area (Å²) in [4.78, 5) is 11.2. The highest BCUT2D eigenvalue weighted by atomic mass is 16.4. The lowest BCUT2D eigenvalue weighted by Crippen LogP contribution is -2.50. The molecule has 1 aliphatic carbocycles. The molecule has 0 radical (unpaired) electrons. The van der Waals surface area contributed by atoms with Gasteiger partial charge in [-0.1, -0.05) is 29.8 Å². The molecule has 0 heterocycles. The zero-order valence-electron chi connectivity index (χ0n) is 8.60. The van der Waals surface area contributed by atoms with E-state index < -0.39 is 17.5 Å². The first-order chi connectivity index (χ1) is 7.04. The van der Waals surface area contributed by atoms with Crippen LogP contribution in [-0.2, 0) is 10.2 Å². The summed E-state index contributed by atoms with van der Waals surface area (Å²) in [5.41, 5.74) is 1.05. The summed E-state index contributed by atoms with van der Waals surface area (Å²) in [7, 11) is 0. The van der Waals surface area contributed by atoms with Gasteiger partial charge in [0, 0.05) is 0 Å². The van der Waals surface area contributed by atoms with Crippen molar-refractivity contribution in [2.45, 2.75) is 31.3 Å². The molecule has 0 atom stereocenters. The number of benzene rings is 1. The average molecular weight is 206 g/mol. The van der Waals surface area contributed by atoms with E-state index in [9.17, 15) is 15.0 Å². The van der Waals surface area contributed by atoms with E-state index in [-0.39, 0.29) is 0 Å². The molecule has 0 aromatic heterocycles. The lowest BCUT2D eigenvalue weighted by atomic mass is 9.63. The van der Waals surface area contributed by atoms with Crippen LogP contribution in [0.2, 0.25) is 0 Å². The summed E-state index contributed by atoms with van der Waals surface area (Å²) in [6.07, 6.45) is 0.180. The number of carboxylic acids is 1. The largest absolute Gasteiger partial charge is 0.481 e. The summed E-state index contributed by atoms with van der Waals surface area (Å²) >= 11 is 0. The van der Waals surface area contributed by atoms with E-state index in [4.69, 9.17) is 0 Å². The Kier molecular flexibility index (Phi) is 2.27. The van der Waals surface area contributed by atoms with Crippen LogP contribution in [-0.4, -0.2) is 22.3 Å². The Bertz CT molecular complexity index is 374. The molecule has 0 spiro atoms. The van der Waals surface area contributed by atoms with E-state index in [1.54, 1.807) is 0 Å². The number of hydrogen-bond donors (Lipinski definition) is 2. The summed E-state index contributed by atoms with van der Waals surface area (Å²) in [5, 5.41) is 18.5. The minimum absolute atomic E-state index is 0.325.